The third-order valence-corrected chi connectivity index (χ3v) is 4.18. The van der Waals surface area contributed by atoms with Crippen molar-refractivity contribution in [2.75, 3.05) is 0 Å². The van der Waals surface area contributed by atoms with Crippen LogP contribution >= 0.6 is 0 Å². The fourth-order valence-corrected chi connectivity index (χ4v) is 3.17. The molecule has 0 spiro atoms. The number of barbiturate groups is 1. The molecule has 1 aliphatic heterocycles. The number of aromatic nitrogens is 1. The summed E-state index contributed by atoms with van der Waals surface area (Å²) in [7, 11) is 0. The number of amides is 4. The molecule has 1 saturated heterocycles. The van der Waals surface area contributed by atoms with Crippen LogP contribution in [0.5, 0.6) is 0 Å². The maximum absolute atomic E-state index is 11.9. The summed E-state index contributed by atoms with van der Waals surface area (Å²) in [6, 6.07) is 7.39. The first-order chi connectivity index (χ1) is 11.8. The van der Waals surface area contributed by atoms with Gasteiger partial charge >= 0.3 is 6.03 Å². The van der Waals surface area contributed by atoms with Gasteiger partial charge in [0, 0.05) is 17.1 Å². The summed E-state index contributed by atoms with van der Waals surface area (Å²) in [5.41, 5.74) is 5.92. The summed E-state index contributed by atoms with van der Waals surface area (Å²) in [5.74, 6) is -1.38. The number of benzene rings is 1. The van der Waals surface area contributed by atoms with Crippen LogP contribution in [0.15, 0.2) is 29.8 Å². The second-order valence-corrected chi connectivity index (χ2v) is 6.30. The summed E-state index contributed by atoms with van der Waals surface area (Å²) in [6.45, 7) is 7.99. The molecule has 0 bridgehead atoms. The predicted octanol–water partition coefficient (Wildman–Crippen LogP) is 2.46. The van der Waals surface area contributed by atoms with E-state index in [2.05, 4.69) is 33.4 Å². The number of nitrogens with one attached hydrogen (secondary N) is 2. The van der Waals surface area contributed by atoms with E-state index in [-0.39, 0.29) is 5.57 Å². The summed E-state index contributed by atoms with van der Waals surface area (Å²) in [4.78, 5) is 35.0. The highest BCUT2D eigenvalue weighted by atomic mass is 16.2. The van der Waals surface area contributed by atoms with Crippen molar-refractivity contribution >= 4 is 23.9 Å². The van der Waals surface area contributed by atoms with E-state index in [0.29, 0.717) is 0 Å². The second-order valence-electron chi connectivity index (χ2n) is 6.30. The average Bonchev–Trinajstić information content (AvgIpc) is 2.76. The lowest BCUT2D eigenvalue weighted by Crippen LogP contribution is -2.51. The van der Waals surface area contributed by atoms with Crippen molar-refractivity contribution < 1.29 is 14.4 Å². The largest absolute Gasteiger partial charge is 0.328 e. The van der Waals surface area contributed by atoms with E-state index in [9.17, 15) is 14.4 Å². The van der Waals surface area contributed by atoms with Gasteiger partial charge in [-0.05, 0) is 68.7 Å². The SMILES string of the molecule is Cc1cc(C)cc(-n2c(C)cc(C=C3C(=O)NC(=O)NC3=O)c2C)c1. The molecule has 0 unspecified atom stereocenters. The van der Waals surface area contributed by atoms with Gasteiger partial charge in [-0.2, -0.15) is 0 Å². The number of hydrogen-bond donors (Lipinski definition) is 2. The summed E-state index contributed by atoms with van der Waals surface area (Å²) in [5, 5.41) is 4.17. The van der Waals surface area contributed by atoms with Crippen LogP contribution in [0.2, 0.25) is 0 Å². The Morgan fingerprint density at radius 2 is 1.40 bits per heavy atom. The topological polar surface area (TPSA) is 80.2 Å². The van der Waals surface area contributed by atoms with Crippen LogP contribution in [-0.4, -0.2) is 22.4 Å². The van der Waals surface area contributed by atoms with E-state index >= 15 is 0 Å². The Bertz CT molecular complexity index is 909. The molecule has 2 aromatic rings. The Balaban J connectivity index is 2.09. The first-order valence-electron chi connectivity index (χ1n) is 7.92. The number of urea groups is 1. The van der Waals surface area contributed by atoms with Crippen LogP contribution < -0.4 is 10.6 Å². The van der Waals surface area contributed by atoms with E-state index < -0.39 is 17.8 Å². The van der Waals surface area contributed by atoms with Crippen molar-refractivity contribution in [2.45, 2.75) is 27.7 Å². The van der Waals surface area contributed by atoms with Crippen molar-refractivity contribution in [3.05, 3.63) is 57.9 Å². The highest BCUT2D eigenvalue weighted by Crippen LogP contribution is 2.24. The normalized spacial score (nSPS) is 14.4. The first-order valence-corrected chi connectivity index (χ1v) is 7.92. The second kappa shape index (κ2) is 6.05. The lowest BCUT2D eigenvalue weighted by Gasteiger charge is -2.14. The molecule has 1 fully saturated rings. The van der Waals surface area contributed by atoms with Crippen LogP contribution in [0.4, 0.5) is 4.79 Å². The molecule has 3 rings (SSSR count). The molecule has 4 amide bonds. The quantitative estimate of drug-likeness (QED) is 0.652. The summed E-state index contributed by atoms with van der Waals surface area (Å²) >= 11 is 0. The zero-order chi connectivity index (χ0) is 18.3. The molecule has 0 aliphatic carbocycles. The van der Waals surface area contributed by atoms with Gasteiger partial charge in [0.2, 0.25) is 0 Å². The molecule has 2 heterocycles. The minimum Gasteiger partial charge on any atom is -0.318 e. The number of aryl methyl sites for hydroxylation is 3. The van der Waals surface area contributed by atoms with E-state index in [0.717, 1.165) is 33.8 Å². The number of nitrogens with zero attached hydrogens (tertiary/aromatic N) is 1. The van der Waals surface area contributed by atoms with Crippen molar-refractivity contribution in [3.8, 4) is 5.69 Å². The third kappa shape index (κ3) is 3.10. The highest BCUT2D eigenvalue weighted by molar-refractivity contribution is 6.31. The smallest absolute Gasteiger partial charge is 0.318 e. The first kappa shape index (κ1) is 16.7. The molecule has 0 saturated carbocycles. The summed E-state index contributed by atoms with van der Waals surface area (Å²) in [6.07, 6.45) is 1.51. The maximum Gasteiger partial charge on any atom is 0.328 e. The van der Waals surface area contributed by atoms with Crippen molar-refractivity contribution in [1.82, 2.24) is 15.2 Å². The van der Waals surface area contributed by atoms with E-state index in [1.807, 2.05) is 33.8 Å². The number of carbonyl (C=O) groups is 3. The Labute approximate surface area is 145 Å². The summed E-state index contributed by atoms with van der Waals surface area (Å²) < 4.78 is 2.08. The van der Waals surface area contributed by atoms with Gasteiger partial charge in [0.15, 0.2) is 0 Å². The predicted molar refractivity (Wildman–Crippen MR) is 94.4 cm³/mol. The van der Waals surface area contributed by atoms with Gasteiger partial charge in [-0.25, -0.2) is 4.79 Å². The Morgan fingerprint density at radius 1 is 0.840 bits per heavy atom. The van der Waals surface area contributed by atoms with E-state index in [4.69, 9.17) is 0 Å². The molecule has 6 heteroatoms. The molecule has 1 aromatic heterocycles. The molecule has 2 N–H and O–H groups in total. The lowest BCUT2D eigenvalue weighted by atomic mass is 10.1. The van der Waals surface area contributed by atoms with E-state index in [1.165, 1.54) is 6.08 Å². The molecular weight excluding hydrogens is 318 g/mol. The molecule has 1 aromatic carbocycles. The fourth-order valence-electron chi connectivity index (χ4n) is 3.17. The van der Waals surface area contributed by atoms with Gasteiger partial charge in [-0.3, -0.25) is 20.2 Å². The van der Waals surface area contributed by atoms with Crippen molar-refractivity contribution in [1.29, 1.82) is 0 Å². The van der Waals surface area contributed by atoms with Crippen LogP contribution in [0.1, 0.15) is 28.1 Å². The average molecular weight is 337 g/mol. The van der Waals surface area contributed by atoms with Gasteiger partial charge in [0.25, 0.3) is 11.8 Å². The standard InChI is InChI=1S/C19H19N3O3/c1-10-5-11(2)7-15(6-10)22-12(3)8-14(13(22)4)9-16-17(23)20-19(25)21-18(16)24/h5-9H,1-4H3,(H2,20,21,23,24,25). The van der Waals surface area contributed by atoms with E-state index in [1.54, 1.807) is 0 Å². The molecule has 0 atom stereocenters. The van der Waals surface area contributed by atoms with Gasteiger partial charge in [0.1, 0.15) is 5.57 Å². The van der Waals surface area contributed by atoms with Crippen LogP contribution in [-0.2, 0) is 9.59 Å². The van der Waals surface area contributed by atoms with Gasteiger partial charge in [0.05, 0.1) is 0 Å². The van der Waals surface area contributed by atoms with Gasteiger partial charge < -0.3 is 4.57 Å². The van der Waals surface area contributed by atoms with Crippen molar-refractivity contribution in [2.24, 2.45) is 0 Å². The third-order valence-electron chi connectivity index (χ3n) is 4.18. The Kier molecular flexibility index (Phi) is 4.04. The highest BCUT2D eigenvalue weighted by Gasteiger charge is 2.28. The van der Waals surface area contributed by atoms with Gasteiger partial charge in [-0.15, -0.1) is 0 Å². The number of imide groups is 2. The molecule has 1 aliphatic rings. The molecule has 6 nitrogen and oxygen atoms in total. The van der Waals surface area contributed by atoms with Crippen LogP contribution in [0.3, 0.4) is 0 Å². The molecule has 0 radical (unpaired) electrons. The van der Waals surface area contributed by atoms with Gasteiger partial charge in [-0.1, -0.05) is 6.07 Å². The zero-order valence-corrected chi connectivity index (χ0v) is 14.6. The molecular formula is C19H19N3O3. The Hall–Kier alpha value is -3.15. The zero-order valence-electron chi connectivity index (χ0n) is 14.6. The molecule has 25 heavy (non-hydrogen) atoms. The number of hydrogen-bond acceptors (Lipinski definition) is 3. The van der Waals surface area contributed by atoms with Crippen molar-refractivity contribution in [3.63, 3.8) is 0 Å². The number of rotatable bonds is 2. The maximum atomic E-state index is 11.9. The minimum absolute atomic E-state index is 0.0831. The lowest BCUT2D eigenvalue weighted by molar-refractivity contribution is -0.123. The number of carbonyl (C=O) groups excluding carboxylic acids is 3. The van der Waals surface area contributed by atoms with Crippen LogP contribution in [0, 0.1) is 27.7 Å². The monoisotopic (exact) mass is 337 g/mol. The molecule has 128 valence electrons. The van der Waals surface area contributed by atoms with Crippen LogP contribution in [0.25, 0.3) is 11.8 Å². The fraction of sp³-hybridized carbons (Fsp3) is 0.211. The minimum atomic E-state index is -0.798. The Morgan fingerprint density at radius 3 is 1.96 bits per heavy atom.